The zero-order valence-electron chi connectivity index (χ0n) is 11.8. The first kappa shape index (κ1) is 21.0. The van der Waals surface area contributed by atoms with Crippen LogP contribution in [0.2, 0.25) is 0 Å². The average molecular weight is 356 g/mol. The first-order chi connectivity index (χ1) is 9.52. The summed E-state index contributed by atoms with van der Waals surface area (Å²) in [4.78, 5) is 2.06. The van der Waals surface area contributed by atoms with Gasteiger partial charge in [-0.15, -0.1) is 24.8 Å². The lowest BCUT2D eigenvalue weighted by atomic mass is 9.99. The second-order valence-corrected chi connectivity index (χ2v) is 4.79. The van der Waals surface area contributed by atoms with Crippen LogP contribution in [0.5, 0.6) is 0 Å². The average Bonchev–Trinajstić information content (AvgIpc) is 2.45. The van der Waals surface area contributed by atoms with Gasteiger partial charge in [0.25, 0.3) is 0 Å². The molecule has 1 aliphatic rings. The molecule has 0 unspecified atom stereocenters. The predicted molar refractivity (Wildman–Crippen MR) is 83.4 cm³/mol. The van der Waals surface area contributed by atoms with Crippen LogP contribution in [-0.2, 0) is 6.18 Å². The molecule has 1 atom stereocenters. The van der Waals surface area contributed by atoms with E-state index in [0.717, 1.165) is 38.3 Å². The maximum absolute atomic E-state index is 12.8. The number of rotatable bonds is 3. The summed E-state index contributed by atoms with van der Waals surface area (Å²) < 4.78 is 38.3. The van der Waals surface area contributed by atoms with Gasteiger partial charge >= 0.3 is 6.18 Å². The monoisotopic (exact) mass is 355 g/mol. The minimum atomic E-state index is -4.35. The van der Waals surface area contributed by atoms with Crippen molar-refractivity contribution in [1.29, 1.82) is 5.26 Å². The molecular formula is C14H18Cl2F3N3. The third-order valence-corrected chi connectivity index (χ3v) is 3.48. The second-order valence-electron chi connectivity index (χ2n) is 4.79. The van der Waals surface area contributed by atoms with E-state index in [1.165, 1.54) is 6.07 Å². The van der Waals surface area contributed by atoms with Gasteiger partial charge in [0.15, 0.2) is 0 Å². The van der Waals surface area contributed by atoms with Gasteiger partial charge in [0.2, 0.25) is 0 Å². The summed E-state index contributed by atoms with van der Waals surface area (Å²) in [5.41, 5.74) is -0.101. The Morgan fingerprint density at radius 2 is 1.86 bits per heavy atom. The van der Waals surface area contributed by atoms with E-state index in [0.29, 0.717) is 5.56 Å². The lowest BCUT2D eigenvalue weighted by molar-refractivity contribution is -0.137. The number of nitriles is 1. The summed E-state index contributed by atoms with van der Waals surface area (Å²) >= 11 is 0. The quantitative estimate of drug-likeness (QED) is 0.902. The van der Waals surface area contributed by atoms with Gasteiger partial charge in [-0.05, 0) is 17.7 Å². The first-order valence-corrected chi connectivity index (χ1v) is 6.51. The van der Waals surface area contributed by atoms with E-state index in [-0.39, 0.29) is 37.3 Å². The van der Waals surface area contributed by atoms with Crippen LogP contribution in [0.4, 0.5) is 13.2 Å². The molecule has 1 N–H and O–H groups in total. The van der Waals surface area contributed by atoms with Crippen molar-refractivity contribution in [2.75, 3.05) is 26.2 Å². The molecule has 1 aliphatic heterocycles. The Balaban J connectivity index is 0.00000220. The number of nitrogens with zero attached hydrogens (tertiary/aromatic N) is 2. The molecular weight excluding hydrogens is 338 g/mol. The van der Waals surface area contributed by atoms with Crippen LogP contribution in [0.15, 0.2) is 24.3 Å². The van der Waals surface area contributed by atoms with Gasteiger partial charge in [0, 0.05) is 32.2 Å². The summed E-state index contributed by atoms with van der Waals surface area (Å²) in [7, 11) is 0. The van der Waals surface area contributed by atoms with E-state index in [9.17, 15) is 13.2 Å². The van der Waals surface area contributed by atoms with Gasteiger partial charge < -0.3 is 5.32 Å². The Hall–Kier alpha value is -1.00. The van der Waals surface area contributed by atoms with Crippen molar-refractivity contribution in [3.8, 4) is 6.07 Å². The number of halogens is 5. The van der Waals surface area contributed by atoms with Gasteiger partial charge in [-0.25, -0.2) is 0 Å². The molecule has 0 aromatic heterocycles. The van der Waals surface area contributed by atoms with Crippen LogP contribution in [0.25, 0.3) is 0 Å². The fourth-order valence-electron chi connectivity index (χ4n) is 2.46. The van der Waals surface area contributed by atoms with Gasteiger partial charge in [0.1, 0.15) is 0 Å². The number of alkyl halides is 3. The van der Waals surface area contributed by atoms with E-state index in [4.69, 9.17) is 5.26 Å². The molecule has 0 saturated carbocycles. The van der Waals surface area contributed by atoms with E-state index in [1.807, 2.05) is 0 Å². The van der Waals surface area contributed by atoms with E-state index >= 15 is 0 Å². The summed E-state index contributed by atoms with van der Waals surface area (Å²) in [6.45, 7) is 3.06. The standard InChI is InChI=1S/C14H16F3N3.2ClH/c15-14(16,17)12-3-1-2-11(10-12)13(4-5-18)20-8-6-19-7-9-20;;/h1-3,10,13,19H,4,6-9H2;2*1H/t13-;;/m1../s1. The van der Waals surface area contributed by atoms with Gasteiger partial charge in [-0.2, -0.15) is 18.4 Å². The molecule has 0 amide bonds. The lowest BCUT2D eigenvalue weighted by Crippen LogP contribution is -2.45. The Morgan fingerprint density at radius 3 is 2.41 bits per heavy atom. The van der Waals surface area contributed by atoms with Crippen LogP contribution in [0.3, 0.4) is 0 Å². The molecule has 0 aliphatic carbocycles. The minimum absolute atomic E-state index is 0. The molecule has 0 bridgehead atoms. The highest BCUT2D eigenvalue weighted by Crippen LogP contribution is 2.32. The van der Waals surface area contributed by atoms with E-state index in [2.05, 4.69) is 16.3 Å². The van der Waals surface area contributed by atoms with Crippen LogP contribution in [-0.4, -0.2) is 31.1 Å². The number of piperazine rings is 1. The van der Waals surface area contributed by atoms with Crippen molar-refractivity contribution in [2.24, 2.45) is 0 Å². The van der Waals surface area contributed by atoms with Crippen LogP contribution in [0.1, 0.15) is 23.6 Å². The van der Waals surface area contributed by atoms with Gasteiger partial charge in [0.05, 0.1) is 18.1 Å². The van der Waals surface area contributed by atoms with Crippen molar-refractivity contribution in [2.45, 2.75) is 18.6 Å². The minimum Gasteiger partial charge on any atom is -0.314 e. The van der Waals surface area contributed by atoms with Crippen LogP contribution in [0, 0.1) is 11.3 Å². The molecule has 1 saturated heterocycles. The molecule has 1 aromatic carbocycles. The third-order valence-electron chi connectivity index (χ3n) is 3.48. The Kier molecular flexibility index (Phi) is 8.79. The summed E-state index contributed by atoms with van der Waals surface area (Å²) in [5, 5.41) is 12.1. The largest absolute Gasteiger partial charge is 0.416 e. The molecule has 1 heterocycles. The molecule has 1 fully saturated rings. The first-order valence-electron chi connectivity index (χ1n) is 6.51. The highest BCUT2D eigenvalue weighted by atomic mass is 35.5. The van der Waals surface area contributed by atoms with Crippen LogP contribution >= 0.6 is 24.8 Å². The van der Waals surface area contributed by atoms with E-state index < -0.39 is 11.7 Å². The second kappa shape index (κ2) is 9.21. The number of benzene rings is 1. The maximum Gasteiger partial charge on any atom is 0.416 e. The predicted octanol–water partition coefficient (Wildman–Crippen LogP) is 3.41. The van der Waals surface area contributed by atoms with Crippen molar-refractivity contribution in [3.05, 3.63) is 35.4 Å². The van der Waals surface area contributed by atoms with Crippen molar-refractivity contribution in [1.82, 2.24) is 10.2 Å². The number of hydrogen-bond donors (Lipinski definition) is 1. The summed E-state index contributed by atoms with van der Waals surface area (Å²) in [6, 6.07) is 7.10. The fraction of sp³-hybridized carbons (Fsp3) is 0.500. The lowest BCUT2D eigenvalue weighted by Gasteiger charge is -2.34. The van der Waals surface area contributed by atoms with E-state index in [1.54, 1.807) is 6.07 Å². The maximum atomic E-state index is 12.8. The zero-order valence-corrected chi connectivity index (χ0v) is 13.4. The highest BCUT2D eigenvalue weighted by Gasteiger charge is 2.31. The molecule has 124 valence electrons. The van der Waals surface area contributed by atoms with Crippen LogP contribution < -0.4 is 5.32 Å². The smallest absolute Gasteiger partial charge is 0.314 e. The molecule has 0 radical (unpaired) electrons. The van der Waals surface area contributed by atoms with Crippen molar-refractivity contribution < 1.29 is 13.2 Å². The van der Waals surface area contributed by atoms with Gasteiger partial charge in [-0.3, -0.25) is 4.90 Å². The molecule has 22 heavy (non-hydrogen) atoms. The topological polar surface area (TPSA) is 39.1 Å². The third kappa shape index (κ3) is 5.33. The molecule has 2 rings (SSSR count). The molecule has 3 nitrogen and oxygen atoms in total. The molecule has 0 spiro atoms. The number of hydrogen-bond acceptors (Lipinski definition) is 3. The Bertz CT molecular complexity index is 497. The normalized spacial score (nSPS) is 16.8. The van der Waals surface area contributed by atoms with Crippen molar-refractivity contribution in [3.63, 3.8) is 0 Å². The fourth-order valence-corrected chi connectivity index (χ4v) is 2.46. The Labute approximate surface area is 140 Å². The number of nitrogens with one attached hydrogen (secondary N) is 1. The summed E-state index contributed by atoms with van der Waals surface area (Å²) in [5.74, 6) is 0. The highest BCUT2D eigenvalue weighted by molar-refractivity contribution is 5.85. The van der Waals surface area contributed by atoms with Gasteiger partial charge in [-0.1, -0.05) is 12.1 Å². The SMILES string of the molecule is Cl.Cl.N#CC[C@H](c1cccc(C(F)(F)F)c1)N1CCNCC1. The molecule has 8 heteroatoms. The zero-order chi connectivity index (χ0) is 14.6. The molecule has 1 aromatic rings. The Morgan fingerprint density at radius 1 is 1.23 bits per heavy atom. The summed E-state index contributed by atoms with van der Waals surface area (Å²) in [6.07, 6.45) is -4.15. The van der Waals surface area contributed by atoms with Crippen molar-refractivity contribution >= 4 is 24.8 Å².